The van der Waals surface area contributed by atoms with Crippen LogP contribution in [0.15, 0.2) is 18.2 Å². The van der Waals surface area contributed by atoms with E-state index in [1.54, 1.807) is 0 Å². The summed E-state index contributed by atoms with van der Waals surface area (Å²) < 4.78 is 0. The van der Waals surface area contributed by atoms with Crippen LogP contribution in [0.3, 0.4) is 0 Å². The van der Waals surface area contributed by atoms with Crippen molar-refractivity contribution in [3.8, 4) is 0 Å². The summed E-state index contributed by atoms with van der Waals surface area (Å²) in [6.45, 7) is 8.62. The lowest BCUT2D eigenvalue weighted by Crippen LogP contribution is -2.48. The molecule has 0 aromatic heterocycles. The van der Waals surface area contributed by atoms with Gasteiger partial charge < -0.3 is 10.6 Å². The minimum Gasteiger partial charge on any atom is -0.361 e. The summed E-state index contributed by atoms with van der Waals surface area (Å²) in [6.07, 6.45) is 3.96. The summed E-state index contributed by atoms with van der Waals surface area (Å²) in [6, 6.07) is 7.04. The molecule has 1 aliphatic heterocycles. The molecule has 0 unspecified atom stereocenters. The van der Waals surface area contributed by atoms with Crippen LogP contribution in [0.1, 0.15) is 38.7 Å². The predicted octanol–water partition coefficient (Wildman–Crippen LogP) is 4.20. The Kier molecular flexibility index (Phi) is 6.48. The monoisotopic (exact) mass is 339 g/mol. The normalized spacial score (nSPS) is 20.5. The van der Waals surface area contributed by atoms with E-state index in [2.05, 4.69) is 29.4 Å². The fraction of sp³-hybridized carbons (Fsp3) is 0.588. The third-order valence-corrected chi connectivity index (χ3v) is 5.06. The molecular weight excluding hydrogens is 314 g/mol. The first-order valence-corrected chi connectivity index (χ1v) is 8.82. The van der Waals surface area contributed by atoms with E-state index in [0.717, 1.165) is 22.8 Å². The molecule has 1 saturated heterocycles. The van der Waals surface area contributed by atoms with Gasteiger partial charge in [-0.2, -0.15) is 0 Å². The number of aryl methyl sites for hydroxylation is 1. The molecule has 0 saturated carbocycles. The number of hydrogen-bond acceptors (Lipinski definition) is 2. The fourth-order valence-corrected chi connectivity index (χ4v) is 3.36. The summed E-state index contributed by atoms with van der Waals surface area (Å²) in [5.41, 5.74) is 1.99. The van der Waals surface area contributed by atoms with Crippen molar-refractivity contribution < 1.29 is 0 Å². The van der Waals surface area contributed by atoms with Crippen molar-refractivity contribution in [2.24, 2.45) is 0 Å². The third kappa shape index (κ3) is 4.83. The Hall–Kier alpha value is -0.840. The zero-order chi connectivity index (χ0) is 16.1. The van der Waals surface area contributed by atoms with Gasteiger partial charge in [-0.25, -0.2) is 0 Å². The van der Waals surface area contributed by atoms with Crippen LogP contribution in [0.4, 0.5) is 5.69 Å². The molecule has 22 heavy (non-hydrogen) atoms. The van der Waals surface area contributed by atoms with Crippen LogP contribution in [0.2, 0.25) is 5.02 Å². The summed E-state index contributed by atoms with van der Waals surface area (Å²) in [5.74, 6) is 0. The molecule has 122 valence electrons. The van der Waals surface area contributed by atoms with Gasteiger partial charge in [-0.3, -0.25) is 4.90 Å². The highest BCUT2D eigenvalue weighted by atomic mass is 35.5. The molecule has 0 radical (unpaired) electrons. The molecule has 2 atom stereocenters. The number of thiocarbonyl (C=S) groups is 1. The van der Waals surface area contributed by atoms with Gasteiger partial charge in [0.15, 0.2) is 5.11 Å². The van der Waals surface area contributed by atoms with E-state index in [0.29, 0.717) is 17.2 Å². The summed E-state index contributed by atoms with van der Waals surface area (Å²) >= 11 is 11.5. The van der Waals surface area contributed by atoms with E-state index in [4.69, 9.17) is 23.8 Å². The lowest BCUT2D eigenvalue weighted by atomic mass is 10.0. The van der Waals surface area contributed by atoms with Gasteiger partial charge in [0.25, 0.3) is 0 Å². The topological polar surface area (TPSA) is 27.3 Å². The van der Waals surface area contributed by atoms with E-state index < -0.39 is 0 Å². The van der Waals surface area contributed by atoms with Crippen LogP contribution in [0, 0.1) is 6.92 Å². The van der Waals surface area contributed by atoms with Gasteiger partial charge in [-0.05, 0) is 70.1 Å². The minimum absolute atomic E-state index is 0.483. The molecule has 0 spiro atoms. The highest BCUT2D eigenvalue weighted by Crippen LogP contribution is 2.20. The average Bonchev–Trinajstić information content (AvgIpc) is 2.49. The van der Waals surface area contributed by atoms with Crippen LogP contribution in [-0.4, -0.2) is 35.2 Å². The van der Waals surface area contributed by atoms with Crippen molar-refractivity contribution in [1.29, 1.82) is 0 Å². The lowest BCUT2D eigenvalue weighted by Gasteiger charge is -2.38. The van der Waals surface area contributed by atoms with Gasteiger partial charge in [-0.1, -0.05) is 24.1 Å². The Bertz CT molecular complexity index is 521. The first-order valence-electron chi connectivity index (χ1n) is 8.04. The second-order valence-electron chi connectivity index (χ2n) is 6.23. The number of rotatable bonds is 4. The molecule has 1 heterocycles. The fourth-order valence-electron chi connectivity index (χ4n) is 2.98. The van der Waals surface area contributed by atoms with Gasteiger partial charge in [-0.15, -0.1) is 0 Å². The number of likely N-dealkylation sites (tertiary alicyclic amines) is 1. The Labute approximate surface area is 144 Å². The molecule has 3 nitrogen and oxygen atoms in total. The predicted molar refractivity (Wildman–Crippen MR) is 99.9 cm³/mol. The second-order valence-corrected chi connectivity index (χ2v) is 7.05. The third-order valence-electron chi connectivity index (χ3n) is 4.41. The minimum atomic E-state index is 0.483. The van der Waals surface area contributed by atoms with Gasteiger partial charge >= 0.3 is 0 Å². The molecule has 0 aliphatic carbocycles. The molecule has 1 aromatic carbocycles. The highest BCUT2D eigenvalue weighted by molar-refractivity contribution is 7.80. The maximum absolute atomic E-state index is 6.13. The lowest BCUT2D eigenvalue weighted by molar-refractivity contribution is 0.116. The molecule has 2 rings (SSSR count). The standard InChI is InChI=1S/C17H26ClN3S/c1-12-7-8-15(10-16(12)18)20-17(22)19-11-14(3)21-9-5-4-6-13(21)2/h7-8,10,13-14H,4-6,9,11H2,1-3H3,(H2,19,20,22)/t13-,14+/m0/s1. The number of nitrogens with one attached hydrogen (secondary N) is 2. The van der Waals surface area contributed by atoms with Gasteiger partial charge in [0.1, 0.15) is 0 Å². The number of halogens is 1. The van der Waals surface area contributed by atoms with Gasteiger partial charge in [0.2, 0.25) is 0 Å². The van der Waals surface area contributed by atoms with Crippen molar-refractivity contribution in [3.63, 3.8) is 0 Å². The smallest absolute Gasteiger partial charge is 0.170 e. The average molecular weight is 340 g/mol. The summed E-state index contributed by atoms with van der Waals surface area (Å²) in [7, 11) is 0. The van der Waals surface area contributed by atoms with Crippen LogP contribution < -0.4 is 10.6 Å². The second kappa shape index (κ2) is 8.14. The Morgan fingerprint density at radius 1 is 1.45 bits per heavy atom. The molecule has 5 heteroatoms. The van der Waals surface area contributed by atoms with Crippen molar-refractivity contribution in [2.45, 2.75) is 52.1 Å². The zero-order valence-corrected chi connectivity index (χ0v) is 15.2. The van der Waals surface area contributed by atoms with Gasteiger partial charge in [0.05, 0.1) is 0 Å². The van der Waals surface area contributed by atoms with Crippen molar-refractivity contribution in [2.75, 3.05) is 18.4 Å². The quantitative estimate of drug-likeness (QED) is 0.804. The Balaban J connectivity index is 1.80. The summed E-state index contributed by atoms with van der Waals surface area (Å²) in [5, 5.41) is 7.92. The molecule has 2 N–H and O–H groups in total. The van der Waals surface area contributed by atoms with Crippen molar-refractivity contribution in [3.05, 3.63) is 28.8 Å². The maximum atomic E-state index is 6.13. The van der Waals surface area contributed by atoms with E-state index >= 15 is 0 Å². The van der Waals surface area contributed by atoms with Crippen LogP contribution >= 0.6 is 23.8 Å². The number of nitrogens with zero attached hydrogens (tertiary/aromatic N) is 1. The van der Waals surface area contributed by atoms with E-state index in [1.165, 1.54) is 25.8 Å². The molecular formula is C17H26ClN3S. The largest absolute Gasteiger partial charge is 0.361 e. The maximum Gasteiger partial charge on any atom is 0.170 e. The zero-order valence-electron chi connectivity index (χ0n) is 13.7. The first kappa shape index (κ1) is 17.5. The van der Waals surface area contributed by atoms with Crippen LogP contribution in [0.5, 0.6) is 0 Å². The number of anilines is 1. The van der Waals surface area contributed by atoms with E-state index in [9.17, 15) is 0 Å². The van der Waals surface area contributed by atoms with Crippen molar-refractivity contribution >= 4 is 34.6 Å². The number of piperidine rings is 1. The molecule has 0 bridgehead atoms. The van der Waals surface area contributed by atoms with E-state index in [1.807, 2.05) is 25.1 Å². The van der Waals surface area contributed by atoms with Crippen LogP contribution in [0.25, 0.3) is 0 Å². The van der Waals surface area contributed by atoms with E-state index in [-0.39, 0.29) is 0 Å². The SMILES string of the molecule is Cc1ccc(NC(=S)NC[C@@H](C)N2CCCC[C@@H]2C)cc1Cl. The highest BCUT2D eigenvalue weighted by Gasteiger charge is 2.22. The van der Waals surface area contributed by atoms with Crippen molar-refractivity contribution in [1.82, 2.24) is 10.2 Å². The molecule has 1 aromatic rings. The molecule has 1 fully saturated rings. The molecule has 1 aliphatic rings. The Morgan fingerprint density at radius 3 is 2.91 bits per heavy atom. The Morgan fingerprint density at radius 2 is 2.23 bits per heavy atom. The van der Waals surface area contributed by atoms with Crippen LogP contribution in [-0.2, 0) is 0 Å². The summed E-state index contributed by atoms with van der Waals surface area (Å²) in [4.78, 5) is 2.57. The first-order chi connectivity index (χ1) is 10.5. The molecule has 0 amide bonds. The number of hydrogen-bond donors (Lipinski definition) is 2. The number of benzene rings is 1. The van der Waals surface area contributed by atoms with Gasteiger partial charge in [0, 0.05) is 29.3 Å².